The molecule has 2 heterocycles. The number of aromatic nitrogens is 5. The topological polar surface area (TPSA) is 101 Å². The molecule has 0 atom stereocenters. The van der Waals surface area contributed by atoms with Crippen LogP contribution < -0.4 is 15.2 Å². The van der Waals surface area contributed by atoms with E-state index in [1.165, 1.54) is 11.0 Å². The Labute approximate surface area is 149 Å². The van der Waals surface area contributed by atoms with Gasteiger partial charge in [-0.1, -0.05) is 30.3 Å². The number of hydrogen-bond acceptors (Lipinski definition) is 7. The highest BCUT2D eigenvalue weighted by molar-refractivity contribution is 5.88. The van der Waals surface area contributed by atoms with E-state index < -0.39 is 0 Å². The molecule has 8 nitrogen and oxygen atoms in total. The van der Waals surface area contributed by atoms with Crippen LogP contribution in [-0.2, 0) is 0 Å². The maximum absolute atomic E-state index is 6.10. The molecule has 0 aliphatic rings. The van der Waals surface area contributed by atoms with Gasteiger partial charge in [-0.2, -0.15) is 9.67 Å². The maximum Gasteiger partial charge on any atom is 0.225 e. The van der Waals surface area contributed by atoms with E-state index in [1.54, 1.807) is 26.4 Å². The van der Waals surface area contributed by atoms with Gasteiger partial charge in [-0.3, -0.25) is 0 Å². The van der Waals surface area contributed by atoms with E-state index in [0.29, 0.717) is 28.7 Å². The van der Waals surface area contributed by atoms with Gasteiger partial charge in [0.05, 0.1) is 19.7 Å². The first-order valence-electron chi connectivity index (χ1n) is 7.86. The van der Waals surface area contributed by atoms with Crippen LogP contribution in [0.2, 0.25) is 0 Å². The van der Waals surface area contributed by atoms with Crippen molar-refractivity contribution in [2.45, 2.75) is 0 Å². The monoisotopic (exact) mass is 348 g/mol. The molecule has 8 heteroatoms. The molecule has 0 bridgehead atoms. The molecule has 130 valence electrons. The van der Waals surface area contributed by atoms with E-state index in [0.717, 1.165) is 10.9 Å². The summed E-state index contributed by atoms with van der Waals surface area (Å²) in [7, 11) is 3.15. The number of ether oxygens (including phenoxy) is 2. The summed E-state index contributed by atoms with van der Waals surface area (Å²) < 4.78 is 12.2. The lowest BCUT2D eigenvalue weighted by atomic mass is 10.2. The SMILES string of the molecule is COc1cc2ncnc(-n3nc(-c4ccccc4)nc3N)c2cc1OC. The Balaban J connectivity index is 1.91. The molecule has 0 aliphatic carbocycles. The van der Waals surface area contributed by atoms with E-state index >= 15 is 0 Å². The highest BCUT2D eigenvalue weighted by Gasteiger charge is 2.16. The Bertz CT molecular complexity index is 1080. The Kier molecular flexibility index (Phi) is 3.85. The van der Waals surface area contributed by atoms with Gasteiger partial charge in [-0.05, 0) is 6.07 Å². The number of fused-ring (bicyclic) bond motifs is 1. The van der Waals surface area contributed by atoms with E-state index in [1.807, 2.05) is 30.3 Å². The van der Waals surface area contributed by atoms with Crippen LogP contribution in [-0.4, -0.2) is 39.0 Å². The van der Waals surface area contributed by atoms with E-state index in [4.69, 9.17) is 15.2 Å². The van der Waals surface area contributed by atoms with Gasteiger partial charge in [-0.15, -0.1) is 5.10 Å². The van der Waals surface area contributed by atoms with Gasteiger partial charge in [0, 0.05) is 17.0 Å². The van der Waals surface area contributed by atoms with Crippen molar-refractivity contribution < 1.29 is 9.47 Å². The van der Waals surface area contributed by atoms with E-state index in [-0.39, 0.29) is 5.95 Å². The number of benzene rings is 2. The van der Waals surface area contributed by atoms with Gasteiger partial charge in [0.25, 0.3) is 0 Å². The predicted octanol–water partition coefficient (Wildman–Crippen LogP) is 2.48. The van der Waals surface area contributed by atoms with Crippen LogP contribution in [0.5, 0.6) is 11.5 Å². The van der Waals surface area contributed by atoms with Crippen molar-refractivity contribution in [3.8, 4) is 28.7 Å². The molecule has 0 fully saturated rings. The predicted molar refractivity (Wildman–Crippen MR) is 97.4 cm³/mol. The van der Waals surface area contributed by atoms with E-state index in [9.17, 15) is 0 Å². The quantitative estimate of drug-likeness (QED) is 0.604. The van der Waals surface area contributed by atoms with Crippen molar-refractivity contribution in [1.29, 1.82) is 0 Å². The van der Waals surface area contributed by atoms with Gasteiger partial charge in [0.1, 0.15) is 6.33 Å². The summed E-state index contributed by atoms with van der Waals surface area (Å²) in [6.45, 7) is 0. The summed E-state index contributed by atoms with van der Waals surface area (Å²) in [5, 5.41) is 5.24. The van der Waals surface area contributed by atoms with Crippen LogP contribution in [0.1, 0.15) is 0 Å². The molecule has 4 rings (SSSR count). The first kappa shape index (κ1) is 15.8. The molecular formula is C18H16N6O2. The van der Waals surface area contributed by atoms with Crippen molar-refractivity contribution in [2.24, 2.45) is 0 Å². The smallest absolute Gasteiger partial charge is 0.225 e. The molecule has 0 saturated heterocycles. The fourth-order valence-corrected chi connectivity index (χ4v) is 2.73. The molecule has 0 saturated carbocycles. The summed E-state index contributed by atoms with van der Waals surface area (Å²) in [5.74, 6) is 2.43. The molecule has 0 radical (unpaired) electrons. The van der Waals surface area contributed by atoms with Crippen LogP contribution in [0.15, 0.2) is 48.8 Å². The lowest BCUT2D eigenvalue weighted by Gasteiger charge is -2.11. The number of anilines is 1. The first-order chi connectivity index (χ1) is 12.7. The van der Waals surface area contributed by atoms with Gasteiger partial charge in [0.15, 0.2) is 23.1 Å². The van der Waals surface area contributed by atoms with Crippen molar-refractivity contribution in [1.82, 2.24) is 24.7 Å². The minimum atomic E-state index is 0.235. The summed E-state index contributed by atoms with van der Waals surface area (Å²) in [4.78, 5) is 13.0. The van der Waals surface area contributed by atoms with Gasteiger partial charge in [0.2, 0.25) is 5.95 Å². The molecule has 0 unspecified atom stereocenters. The van der Waals surface area contributed by atoms with Crippen molar-refractivity contribution in [3.63, 3.8) is 0 Å². The Morgan fingerprint density at radius 1 is 0.962 bits per heavy atom. The molecule has 0 aliphatic heterocycles. The third kappa shape index (κ3) is 2.57. The maximum atomic E-state index is 6.10. The Morgan fingerprint density at radius 2 is 1.69 bits per heavy atom. The van der Waals surface area contributed by atoms with Gasteiger partial charge >= 0.3 is 0 Å². The van der Waals surface area contributed by atoms with Crippen molar-refractivity contribution >= 4 is 16.9 Å². The normalized spacial score (nSPS) is 10.8. The summed E-state index contributed by atoms with van der Waals surface area (Å²) in [6, 6.07) is 13.2. The molecular weight excluding hydrogens is 332 g/mol. The second kappa shape index (κ2) is 6.32. The largest absolute Gasteiger partial charge is 0.493 e. The zero-order chi connectivity index (χ0) is 18.1. The van der Waals surface area contributed by atoms with Crippen LogP contribution in [0.3, 0.4) is 0 Å². The summed E-state index contributed by atoms with van der Waals surface area (Å²) in [5.41, 5.74) is 7.66. The third-order valence-electron chi connectivity index (χ3n) is 3.98. The number of nitrogen functional groups attached to an aromatic ring is 1. The highest BCUT2D eigenvalue weighted by Crippen LogP contribution is 2.33. The fourth-order valence-electron chi connectivity index (χ4n) is 2.73. The van der Waals surface area contributed by atoms with Crippen LogP contribution in [0, 0.1) is 0 Å². The van der Waals surface area contributed by atoms with Crippen molar-refractivity contribution in [3.05, 3.63) is 48.8 Å². The highest BCUT2D eigenvalue weighted by atomic mass is 16.5. The standard InChI is InChI=1S/C18H16N6O2/c1-25-14-8-12-13(9-15(14)26-2)20-10-21-17(12)24-18(19)22-16(23-24)11-6-4-3-5-7-11/h3-10H,1-2H3,(H2,19,22,23). The Morgan fingerprint density at radius 3 is 2.42 bits per heavy atom. The lowest BCUT2D eigenvalue weighted by molar-refractivity contribution is 0.355. The van der Waals surface area contributed by atoms with Crippen LogP contribution >= 0.6 is 0 Å². The average Bonchev–Trinajstić information content (AvgIpc) is 3.08. The molecule has 26 heavy (non-hydrogen) atoms. The second-order valence-electron chi connectivity index (χ2n) is 5.49. The zero-order valence-corrected chi connectivity index (χ0v) is 14.2. The molecule has 4 aromatic rings. The van der Waals surface area contributed by atoms with E-state index in [2.05, 4.69) is 20.1 Å². The molecule has 0 spiro atoms. The zero-order valence-electron chi connectivity index (χ0n) is 14.2. The summed E-state index contributed by atoms with van der Waals surface area (Å²) in [6.07, 6.45) is 1.45. The first-order valence-corrected chi connectivity index (χ1v) is 7.86. The molecule has 0 amide bonds. The minimum Gasteiger partial charge on any atom is -0.493 e. The number of nitrogens with two attached hydrogens (primary N) is 1. The fraction of sp³-hybridized carbons (Fsp3) is 0.111. The Hall–Kier alpha value is -3.68. The van der Waals surface area contributed by atoms with Gasteiger partial charge in [-0.25, -0.2) is 9.97 Å². The molecule has 2 aromatic carbocycles. The number of nitrogens with zero attached hydrogens (tertiary/aromatic N) is 5. The minimum absolute atomic E-state index is 0.235. The number of hydrogen-bond donors (Lipinski definition) is 1. The number of rotatable bonds is 4. The van der Waals surface area contributed by atoms with Gasteiger partial charge < -0.3 is 15.2 Å². The molecule has 2 aromatic heterocycles. The number of methoxy groups -OCH3 is 2. The second-order valence-corrected chi connectivity index (χ2v) is 5.49. The van der Waals surface area contributed by atoms with Crippen LogP contribution in [0.4, 0.5) is 5.95 Å². The van der Waals surface area contributed by atoms with Crippen LogP contribution in [0.25, 0.3) is 28.1 Å². The average molecular weight is 348 g/mol. The van der Waals surface area contributed by atoms with Crippen molar-refractivity contribution in [2.75, 3.05) is 20.0 Å². The lowest BCUT2D eigenvalue weighted by Crippen LogP contribution is -2.06. The summed E-state index contributed by atoms with van der Waals surface area (Å²) >= 11 is 0. The third-order valence-corrected chi connectivity index (χ3v) is 3.98. The molecule has 2 N–H and O–H groups in total.